The molecule has 132 valence electrons. The Morgan fingerprint density at radius 2 is 1.85 bits per heavy atom. The highest BCUT2D eigenvalue weighted by atomic mass is 32.1. The van der Waals surface area contributed by atoms with E-state index in [1.54, 1.807) is 11.3 Å². The fraction of sp³-hybridized carbons (Fsp3) is 0.150. The number of hydrogen-bond acceptors (Lipinski definition) is 4. The number of carboxylic acid groups (broad SMARTS) is 1. The van der Waals surface area contributed by atoms with Crippen LogP contribution in [0, 0.1) is 0 Å². The van der Waals surface area contributed by atoms with Gasteiger partial charge in [0, 0.05) is 19.0 Å². The monoisotopic (exact) mass is 366 g/mol. The maximum atomic E-state index is 11.1. The maximum absolute atomic E-state index is 11.1. The van der Waals surface area contributed by atoms with E-state index >= 15 is 0 Å². The average Bonchev–Trinajstić information content (AvgIpc) is 3.03. The fourth-order valence-electron chi connectivity index (χ4n) is 2.56. The number of nitrogens with zero attached hydrogens (tertiary/aromatic N) is 1. The highest BCUT2D eigenvalue weighted by Gasteiger charge is 2.11. The van der Waals surface area contributed by atoms with Crippen LogP contribution in [0.1, 0.15) is 30.3 Å². The molecule has 0 saturated carbocycles. The Bertz CT molecular complexity index is 941. The zero-order chi connectivity index (χ0) is 18.5. The van der Waals surface area contributed by atoms with Gasteiger partial charge in [0.1, 0.15) is 5.01 Å². The number of aromatic nitrogens is 1. The number of thiazole rings is 1. The molecule has 0 aliphatic carbocycles. The number of hydrogen-bond donors (Lipinski definition) is 2. The summed E-state index contributed by atoms with van der Waals surface area (Å²) >= 11 is 1.56. The van der Waals surface area contributed by atoms with Crippen LogP contribution in [0.3, 0.4) is 0 Å². The Hall–Kier alpha value is -2.99. The standard InChI is InChI=1S/C20H18N2O3S/c1-13(23)21-16-9-6-14(7-10-16)12-15(8-11-19(24)25)20-22-17-4-2-3-5-18(17)26-20/h2-7,9-10,12H,8,11H2,1H3,(H,21,23)(H,24,25). The van der Waals surface area contributed by atoms with Gasteiger partial charge in [-0.3, -0.25) is 9.59 Å². The van der Waals surface area contributed by atoms with Crippen molar-refractivity contribution in [3.05, 3.63) is 59.1 Å². The van der Waals surface area contributed by atoms with Crippen LogP contribution < -0.4 is 5.32 Å². The first-order chi connectivity index (χ1) is 12.5. The molecule has 0 aliphatic rings. The predicted molar refractivity (Wildman–Crippen MR) is 105 cm³/mol. The van der Waals surface area contributed by atoms with Crippen LogP contribution in [-0.2, 0) is 9.59 Å². The van der Waals surface area contributed by atoms with Crippen molar-refractivity contribution < 1.29 is 14.7 Å². The molecule has 0 spiro atoms. The van der Waals surface area contributed by atoms with E-state index in [1.165, 1.54) is 6.92 Å². The smallest absolute Gasteiger partial charge is 0.303 e. The van der Waals surface area contributed by atoms with Gasteiger partial charge in [0.2, 0.25) is 5.91 Å². The normalized spacial score (nSPS) is 11.5. The first-order valence-electron chi connectivity index (χ1n) is 8.17. The Balaban J connectivity index is 1.93. The van der Waals surface area contributed by atoms with E-state index < -0.39 is 5.97 Å². The summed E-state index contributed by atoms with van der Waals surface area (Å²) in [6, 6.07) is 15.3. The summed E-state index contributed by atoms with van der Waals surface area (Å²) in [6.07, 6.45) is 2.41. The van der Waals surface area contributed by atoms with E-state index in [9.17, 15) is 9.59 Å². The second kappa shape index (κ2) is 7.93. The van der Waals surface area contributed by atoms with E-state index in [2.05, 4.69) is 10.3 Å². The van der Waals surface area contributed by atoms with Crippen molar-refractivity contribution >= 4 is 50.8 Å². The summed E-state index contributed by atoms with van der Waals surface area (Å²) in [5.74, 6) is -0.956. The molecule has 3 rings (SSSR count). The van der Waals surface area contributed by atoms with Crippen molar-refractivity contribution in [1.82, 2.24) is 4.98 Å². The molecular weight excluding hydrogens is 348 g/mol. The third-order valence-electron chi connectivity index (χ3n) is 3.75. The summed E-state index contributed by atoms with van der Waals surface area (Å²) in [5.41, 5.74) is 3.45. The van der Waals surface area contributed by atoms with E-state index in [4.69, 9.17) is 5.11 Å². The molecule has 0 unspecified atom stereocenters. The van der Waals surface area contributed by atoms with E-state index in [0.717, 1.165) is 32.0 Å². The molecule has 6 heteroatoms. The zero-order valence-electron chi connectivity index (χ0n) is 14.2. The summed E-state index contributed by atoms with van der Waals surface area (Å²) in [5, 5.41) is 12.6. The van der Waals surface area contributed by atoms with Crippen LogP contribution in [0.15, 0.2) is 48.5 Å². The van der Waals surface area contributed by atoms with Crippen molar-refractivity contribution in [2.24, 2.45) is 0 Å². The number of anilines is 1. The molecule has 0 bridgehead atoms. The van der Waals surface area contributed by atoms with E-state index in [0.29, 0.717) is 6.42 Å². The Kier molecular flexibility index (Phi) is 5.43. The Labute approximate surface area is 155 Å². The number of benzene rings is 2. The lowest BCUT2D eigenvalue weighted by Gasteiger charge is -2.05. The zero-order valence-corrected chi connectivity index (χ0v) is 15.0. The number of amides is 1. The number of aliphatic carboxylic acids is 1. The lowest BCUT2D eigenvalue weighted by Crippen LogP contribution is -2.05. The summed E-state index contributed by atoms with van der Waals surface area (Å²) in [4.78, 5) is 26.8. The van der Waals surface area contributed by atoms with Crippen molar-refractivity contribution in [3.8, 4) is 0 Å². The fourth-order valence-corrected chi connectivity index (χ4v) is 3.57. The molecule has 0 radical (unpaired) electrons. The highest BCUT2D eigenvalue weighted by Crippen LogP contribution is 2.31. The third kappa shape index (κ3) is 4.55. The van der Waals surface area contributed by atoms with Gasteiger partial charge in [0.05, 0.1) is 10.2 Å². The molecule has 1 heterocycles. The number of allylic oxidation sites excluding steroid dienone is 1. The molecule has 5 nitrogen and oxygen atoms in total. The minimum atomic E-state index is -0.835. The largest absolute Gasteiger partial charge is 0.481 e. The number of para-hydroxylation sites is 1. The molecule has 2 N–H and O–H groups in total. The second-order valence-corrected chi connectivity index (χ2v) is 6.88. The number of rotatable bonds is 6. The number of carbonyl (C=O) groups is 2. The lowest BCUT2D eigenvalue weighted by molar-refractivity contribution is -0.136. The number of nitrogens with one attached hydrogen (secondary N) is 1. The maximum Gasteiger partial charge on any atom is 0.303 e. The quantitative estimate of drug-likeness (QED) is 0.665. The molecule has 0 aliphatic heterocycles. The lowest BCUT2D eigenvalue weighted by atomic mass is 10.1. The van der Waals surface area contributed by atoms with Crippen molar-refractivity contribution in [2.45, 2.75) is 19.8 Å². The third-order valence-corrected chi connectivity index (χ3v) is 4.86. The number of carbonyl (C=O) groups excluding carboxylic acids is 1. The first-order valence-corrected chi connectivity index (χ1v) is 8.99. The SMILES string of the molecule is CC(=O)Nc1ccc(C=C(CCC(=O)O)c2nc3ccccc3s2)cc1. The van der Waals surface area contributed by atoms with Crippen LogP contribution in [0.2, 0.25) is 0 Å². The molecule has 0 atom stereocenters. The molecular formula is C20H18N2O3S. The molecule has 0 fully saturated rings. The number of fused-ring (bicyclic) bond motifs is 1. The van der Waals surface area contributed by atoms with Gasteiger partial charge in [0.25, 0.3) is 0 Å². The van der Waals surface area contributed by atoms with Crippen LogP contribution in [-0.4, -0.2) is 22.0 Å². The van der Waals surface area contributed by atoms with Gasteiger partial charge in [-0.05, 0) is 47.9 Å². The molecule has 1 aromatic heterocycles. The van der Waals surface area contributed by atoms with Gasteiger partial charge < -0.3 is 10.4 Å². The molecule has 0 saturated heterocycles. The van der Waals surface area contributed by atoms with Crippen LogP contribution in [0.5, 0.6) is 0 Å². The first kappa shape index (κ1) is 17.8. The van der Waals surface area contributed by atoms with Crippen LogP contribution in [0.25, 0.3) is 21.9 Å². The molecule has 1 amide bonds. The summed E-state index contributed by atoms with van der Waals surface area (Å²) < 4.78 is 1.07. The highest BCUT2D eigenvalue weighted by molar-refractivity contribution is 7.19. The van der Waals surface area contributed by atoms with Crippen LogP contribution >= 0.6 is 11.3 Å². The van der Waals surface area contributed by atoms with Gasteiger partial charge in [0.15, 0.2) is 0 Å². The van der Waals surface area contributed by atoms with Gasteiger partial charge in [-0.1, -0.05) is 24.3 Å². The van der Waals surface area contributed by atoms with E-state index in [-0.39, 0.29) is 12.3 Å². The second-order valence-electron chi connectivity index (χ2n) is 5.85. The summed E-state index contributed by atoms with van der Waals surface area (Å²) in [6.45, 7) is 1.46. The molecule has 26 heavy (non-hydrogen) atoms. The van der Waals surface area contributed by atoms with Gasteiger partial charge >= 0.3 is 5.97 Å². The van der Waals surface area contributed by atoms with Crippen molar-refractivity contribution in [1.29, 1.82) is 0 Å². The van der Waals surface area contributed by atoms with Gasteiger partial charge in [-0.2, -0.15) is 0 Å². The Morgan fingerprint density at radius 1 is 1.12 bits per heavy atom. The topological polar surface area (TPSA) is 79.3 Å². The summed E-state index contributed by atoms with van der Waals surface area (Å²) in [7, 11) is 0. The van der Waals surface area contributed by atoms with Crippen molar-refractivity contribution in [3.63, 3.8) is 0 Å². The molecule has 3 aromatic rings. The molecule has 2 aromatic carbocycles. The Morgan fingerprint density at radius 3 is 2.50 bits per heavy atom. The van der Waals surface area contributed by atoms with Crippen LogP contribution in [0.4, 0.5) is 5.69 Å². The van der Waals surface area contributed by atoms with Crippen molar-refractivity contribution in [2.75, 3.05) is 5.32 Å². The van der Waals surface area contributed by atoms with Gasteiger partial charge in [-0.25, -0.2) is 4.98 Å². The minimum Gasteiger partial charge on any atom is -0.481 e. The predicted octanol–water partition coefficient (Wildman–Crippen LogP) is 4.66. The minimum absolute atomic E-state index is 0.0474. The van der Waals surface area contributed by atoms with E-state index in [1.807, 2.05) is 54.6 Å². The van der Waals surface area contributed by atoms with Gasteiger partial charge in [-0.15, -0.1) is 11.3 Å². The number of carboxylic acids is 1. The average molecular weight is 366 g/mol.